The van der Waals surface area contributed by atoms with Gasteiger partial charge in [0.1, 0.15) is 5.65 Å². The Morgan fingerprint density at radius 2 is 1.90 bits per heavy atom. The molecule has 1 aromatic carbocycles. The molecule has 3 nitrogen and oxygen atoms in total. The van der Waals surface area contributed by atoms with Crippen LogP contribution < -0.4 is 0 Å². The molecule has 2 heterocycles. The monoisotopic (exact) mass is 278 g/mol. The average Bonchev–Trinajstić information content (AvgIpc) is 2.93. The predicted molar refractivity (Wildman–Crippen MR) is 83.2 cm³/mol. The fourth-order valence-electron chi connectivity index (χ4n) is 3.31. The average molecular weight is 278 g/mol. The Morgan fingerprint density at radius 1 is 1.05 bits per heavy atom. The van der Waals surface area contributed by atoms with Gasteiger partial charge in [0, 0.05) is 11.8 Å². The summed E-state index contributed by atoms with van der Waals surface area (Å²) in [4.78, 5) is 4.71. The first-order chi connectivity index (χ1) is 10.4. The van der Waals surface area contributed by atoms with Crippen molar-refractivity contribution in [1.82, 2.24) is 9.38 Å². The van der Waals surface area contributed by atoms with E-state index in [-0.39, 0.29) is 6.61 Å². The number of benzene rings is 1. The third kappa shape index (κ3) is 2.05. The van der Waals surface area contributed by atoms with Crippen LogP contribution in [0.2, 0.25) is 0 Å². The van der Waals surface area contributed by atoms with E-state index >= 15 is 0 Å². The Hall–Kier alpha value is -2.13. The molecule has 0 saturated carbocycles. The van der Waals surface area contributed by atoms with Gasteiger partial charge in [0.25, 0.3) is 0 Å². The zero-order valence-corrected chi connectivity index (χ0v) is 11.9. The Bertz CT molecular complexity index is 804. The van der Waals surface area contributed by atoms with Crippen LogP contribution in [0.4, 0.5) is 0 Å². The smallest absolute Gasteiger partial charge is 0.137 e. The summed E-state index contributed by atoms with van der Waals surface area (Å²) in [5, 5.41) is 9.74. The second-order valence-corrected chi connectivity index (χ2v) is 5.68. The molecular weight excluding hydrogens is 260 g/mol. The lowest BCUT2D eigenvalue weighted by Gasteiger charge is -2.16. The Morgan fingerprint density at radius 3 is 2.76 bits per heavy atom. The van der Waals surface area contributed by atoms with E-state index in [0.29, 0.717) is 0 Å². The number of rotatable bonds is 2. The van der Waals surface area contributed by atoms with Gasteiger partial charge in [0.05, 0.1) is 18.0 Å². The van der Waals surface area contributed by atoms with E-state index < -0.39 is 0 Å². The van der Waals surface area contributed by atoms with Crippen LogP contribution in [0.5, 0.6) is 0 Å². The van der Waals surface area contributed by atoms with Gasteiger partial charge in [-0.25, -0.2) is 4.98 Å². The quantitative estimate of drug-likeness (QED) is 0.780. The number of pyridine rings is 1. The molecule has 1 aliphatic carbocycles. The van der Waals surface area contributed by atoms with E-state index in [1.54, 1.807) is 0 Å². The van der Waals surface area contributed by atoms with Crippen LogP contribution >= 0.6 is 0 Å². The van der Waals surface area contributed by atoms with E-state index in [9.17, 15) is 5.11 Å². The second-order valence-electron chi connectivity index (χ2n) is 5.68. The van der Waals surface area contributed by atoms with Crippen molar-refractivity contribution in [1.29, 1.82) is 0 Å². The molecular formula is C18H18N2O. The topological polar surface area (TPSA) is 37.5 Å². The number of fused-ring (bicyclic) bond motifs is 2. The number of nitrogens with zero attached hydrogens (tertiary/aromatic N) is 2. The van der Waals surface area contributed by atoms with Gasteiger partial charge in [-0.15, -0.1) is 0 Å². The normalized spacial score (nSPS) is 14.3. The van der Waals surface area contributed by atoms with Crippen molar-refractivity contribution in [3.05, 3.63) is 59.4 Å². The molecule has 0 atom stereocenters. The van der Waals surface area contributed by atoms with Gasteiger partial charge in [-0.05, 0) is 55.0 Å². The van der Waals surface area contributed by atoms with Crippen molar-refractivity contribution in [3.63, 3.8) is 0 Å². The zero-order chi connectivity index (χ0) is 14.2. The van der Waals surface area contributed by atoms with Gasteiger partial charge < -0.3 is 9.51 Å². The van der Waals surface area contributed by atoms with Gasteiger partial charge >= 0.3 is 0 Å². The van der Waals surface area contributed by atoms with Crippen molar-refractivity contribution in [2.45, 2.75) is 32.3 Å². The van der Waals surface area contributed by atoms with Crippen LogP contribution in [-0.2, 0) is 19.4 Å². The van der Waals surface area contributed by atoms with Crippen molar-refractivity contribution >= 4 is 5.65 Å². The first-order valence-corrected chi connectivity index (χ1v) is 7.56. The molecule has 3 aromatic rings. The first-order valence-electron chi connectivity index (χ1n) is 7.56. The highest BCUT2D eigenvalue weighted by Gasteiger charge is 2.15. The van der Waals surface area contributed by atoms with Crippen LogP contribution in [0.25, 0.3) is 16.9 Å². The second kappa shape index (κ2) is 5.01. The van der Waals surface area contributed by atoms with Gasteiger partial charge in [-0.2, -0.15) is 0 Å². The molecule has 0 saturated heterocycles. The highest BCUT2D eigenvalue weighted by molar-refractivity contribution is 5.67. The Labute approximate surface area is 123 Å². The fraction of sp³-hybridized carbons (Fsp3) is 0.278. The Balaban J connectivity index is 1.89. The summed E-state index contributed by atoms with van der Waals surface area (Å²) in [7, 11) is 0. The largest absolute Gasteiger partial charge is 0.390 e. The molecule has 2 aromatic heterocycles. The molecule has 4 rings (SSSR count). The minimum absolute atomic E-state index is 0.00238. The third-order valence-electron chi connectivity index (χ3n) is 4.40. The van der Waals surface area contributed by atoms with Crippen molar-refractivity contribution < 1.29 is 5.11 Å². The lowest BCUT2D eigenvalue weighted by Crippen LogP contribution is -2.02. The molecule has 1 N–H and O–H groups in total. The summed E-state index contributed by atoms with van der Waals surface area (Å²) in [6.07, 6.45) is 6.87. The summed E-state index contributed by atoms with van der Waals surface area (Å²) in [6.45, 7) is -0.00238. The molecule has 0 spiro atoms. The molecule has 1 aliphatic rings. The lowest BCUT2D eigenvalue weighted by molar-refractivity contribution is 0.276. The first kappa shape index (κ1) is 12.6. The van der Waals surface area contributed by atoms with E-state index in [0.717, 1.165) is 29.0 Å². The zero-order valence-electron chi connectivity index (χ0n) is 11.9. The van der Waals surface area contributed by atoms with Crippen LogP contribution in [0, 0.1) is 0 Å². The third-order valence-corrected chi connectivity index (χ3v) is 4.40. The van der Waals surface area contributed by atoms with Crippen LogP contribution in [0.1, 0.15) is 29.7 Å². The molecule has 0 aliphatic heterocycles. The van der Waals surface area contributed by atoms with Crippen molar-refractivity contribution in [3.8, 4) is 11.3 Å². The summed E-state index contributed by atoms with van der Waals surface area (Å²) in [5.41, 5.74) is 6.68. The molecule has 0 radical (unpaired) electrons. The van der Waals surface area contributed by atoms with Gasteiger partial charge in [0.2, 0.25) is 0 Å². The number of aliphatic hydroxyl groups excluding tert-OH is 1. The van der Waals surface area contributed by atoms with Crippen LogP contribution in [-0.4, -0.2) is 14.5 Å². The maximum atomic E-state index is 9.74. The van der Waals surface area contributed by atoms with Gasteiger partial charge in [-0.3, -0.25) is 0 Å². The number of aliphatic hydroxyl groups is 1. The minimum Gasteiger partial charge on any atom is -0.390 e. The van der Waals surface area contributed by atoms with E-state index in [1.807, 2.05) is 28.8 Å². The maximum absolute atomic E-state index is 9.74. The van der Waals surface area contributed by atoms with Crippen molar-refractivity contribution in [2.24, 2.45) is 0 Å². The molecule has 0 fully saturated rings. The number of hydrogen-bond acceptors (Lipinski definition) is 2. The summed E-state index contributed by atoms with van der Waals surface area (Å²) >= 11 is 0. The maximum Gasteiger partial charge on any atom is 0.137 e. The molecule has 0 unspecified atom stereocenters. The molecule has 21 heavy (non-hydrogen) atoms. The molecule has 0 amide bonds. The summed E-state index contributed by atoms with van der Waals surface area (Å²) < 4.78 is 1.97. The lowest BCUT2D eigenvalue weighted by atomic mass is 9.90. The summed E-state index contributed by atoms with van der Waals surface area (Å²) in [6, 6.07) is 12.5. The molecule has 0 bridgehead atoms. The number of aromatic nitrogens is 2. The van der Waals surface area contributed by atoms with Gasteiger partial charge in [-0.1, -0.05) is 18.2 Å². The van der Waals surface area contributed by atoms with E-state index in [2.05, 4.69) is 18.2 Å². The highest BCUT2D eigenvalue weighted by atomic mass is 16.3. The minimum atomic E-state index is -0.00238. The van der Waals surface area contributed by atoms with Gasteiger partial charge in [0.15, 0.2) is 0 Å². The fourth-order valence-corrected chi connectivity index (χ4v) is 3.31. The Kier molecular flexibility index (Phi) is 3.00. The SMILES string of the molecule is OCc1c(-c2ccc3c(c2)CCCC3)nc2ccccn12. The standard InChI is InChI=1S/C18H18N2O/c21-12-16-18(19-17-7-3-4-10-20(16)17)15-9-8-13-5-1-2-6-14(13)11-15/h3-4,7-11,21H,1-2,5-6,12H2. The number of aryl methyl sites for hydroxylation is 2. The predicted octanol–water partition coefficient (Wildman–Crippen LogP) is 3.37. The molecule has 3 heteroatoms. The molecule has 106 valence electrons. The van der Waals surface area contributed by atoms with Crippen LogP contribution in [0.15, 0.2) is 42.6 Å². The van der Waals surface area contributed by atoms with E-state index in [4.69, 9.17) is 4.98 Å². The summed E-state index contributed by atoms with van der Waals surface area (Å²) in [5.74, 6) is 0. The number of imidazole rings is 1. The van der Waals surface area contributed by atoms with Crippen LogP contribution in [0.3, 0.4) is 0 Å². The highest BCUT2D eigenvalue weighted by Crippen LogP contribution is 2.29. The van der Waals surface area contributed by atoms with Crippen molar-refractivity contribution in [2.75, 3.05) is 0 Å². The number of hydrogen-bond donors (Lipinski definition) is 1. The van der Waals surface area contributed by atoms with E-state index in [1.165, 1.54) is 30.4 Å².